The molecular formula is C23H21ClN2O5. The molecule has 2 fully saturated rings. The highest BCUT2D eigenvalue weighted by Gasteiger charge is 2.64. The third kappa shape index (κ3) is 2.98. The summed E-state index contributed by atoms with van der Waals surface area (Å²) in [5.74, 6) is -0.502. The first-order valence-electron chi connectivity index (χ1n) is 10.2. The zero-order valence-electron chi connectivity index (χ0n) is 17.0. The predicted molar refractivity (Wildman–Crippen MR) is 113 cm³/mol. The van der Waals surface area contributed by atoms with Gasteiger partial charge in [-0.1, -0.05) is 23.7 Å². The van der Waals surface area contributed by atoms with E-state index in [1.54, 1.807) is 47.4 Å². The first kappa shape index (κ1) is 19.9. The van der Waals surface area contributed by atoms with Gasteiger partial charge in [-0.25, -0.2) is 4.79 Å². The number of ether oxygens (including phenoxy) is 2. The molecule has 1 saturated carbocycles. The third-order valence-corrected chi connectivity index (χ3v) is 6.37. The van der Waals surface area contributed by atoms with Crippen LogP contribution in [0.2, 0.25) is 5.02 Å². The van der Waals surface area contributed by atoms with Crippen molar-refractivity contribution in [2.24, 2.45) is 0 Å². The van der Waals surface area contributed by atoms with Gasteiger partial charge in [0.15, 0.2) is 0 Å². The van der Waals surface area contributed by atoms with Gasteiger partial charge in [0.25, 0.3) is 5.91 Å². The van der Waals surface area contributed by atoms with Crippen LogP contribution in [-0.2, 0) is 20.9 Å². The number of carbonyl (C=O) groups is 3. The Morgan fingerprint density at radius 3 is 2.71 bits per heavy atom. The van der Waals surface area contributed by atoms with Crippen LogP contribution in [0.5, 0.6) is 5.75 Å². The van der Waals surface area contributed by atoms with Gasteiger partial charge in [-0.05, 0) is 43.2 Å². The molecule has 160 valence electrons. The fourth-order valence-electron chi connectivity index (χ4n) is 4.63. The maximum Gasteiger partial charge on any atom is 0.354 e. The first-order valence-corrected chi connectivity index (χ1v) is 10.6. The number of para-hydroxylation sites is 1. The van der Waals surface area contributed by atoms with E-state index in [4.69, 9.17) is 21.1 Å². The van der Waals surface area contributed by atoms with Crippen LogP contribution in [0.25, 0.3) is 0 Å². The number of hydrogen-bond donors (Lipinski definition) is 0. The van der Waals surface area contributed by atoms with Gasteiger partial charge >= 0.3 is 5.97 Å². The molecule has 0 N–H and O–H groups in total. The SMILES string of the molecule is COc1ccc(Cl)cc1COC(=O)C12CCC(=O)N1c1ccccc1C(=O)N2C1CC1. The largest absolute Gasteiger partial charge is 0.496 e. The molecule has 0 spiro atoms. The second-order valence-corrected chi connectivity index (χ2v) is 8.44. The van der Waals surface area contributed by atoms with Gasteiger partial charge in [0.1, 0.15) is 12.4 Å². The van der Waals surface area contributed by atoms with Crippen molar-refractivity contribution in [3.63, 3.8) is 0 Å². The zero-order valence-corrected chi connectivity index (χ0v) is 17.7. The van der Waals surface area contributed by atoms with E-state index in [-0.39, 0.29) is 37.3 Å². The third-order valence-electron chi connectivity index (χ3n) is 6.14. The summed E-state index contributed by atoms with van der Waals surface area (Å²) in [6, 6.07) is 11.9. The van der Waals surface area contributed by atoms with Crippen LogP contribution in [0, 0.1) is 0 Å². The van der Waals surface area contributed by atoms with Crippen molar-refractivity contribution in [3.05, 3.63) is 58.6 Å². The smallest absolute Gasteiger partial charge is 0.354 e. The van der Waals surface area contributed by atoms with Crippen molar-refractivity contribution in [2.75, 3.05) is 12.0 Å². The minimum atomic E-state index is -1.46. The molecule has 7 nitrogen and oxygen atoms in total. The summed E-state index contributed by atoms with van der Waals surface area (Å²) < 4.78 is 11.1. The monoisotopic (exact) mass is 440 g/mol. The Morgan fingerprint density at radius 1 is 1.19 bits per heavy atom. The minimum absolute atomic E-state index is 0.0810. The van der Waals surface area contributed by atoms with E-state index in [1.807, 2.05) is 0 Å². The van der Waals surface area contributed by atoms with Crippen LogP contribution >= 0.6 is 11.6 Å². The summed E-state index contributed by atoms with van der Waals surface area (Å²) in [5, 5.41) is 0.490. The molecule has 0 radical (unpaired) electrons. The van der Waals surface area contributed by atoms with E-state index in [0.29, 0.717) is 27.6 Å². The summed E-state index contributed by atoms with van der Waals surface area (Å²) in [4.78, 5) is 43.0. The van der Waals surface area contributed by atoms with E-state index >= 15 is 0 Å². The Labute approximate surface area is 184 Å². The van der Waals surface area contributed by atoms with Crippen molar-refractivity contribution in [2.45, 2.75) is 44.0 Å². The molecule has 3 aliphatic rings. The second kappa shape index (κ2) is 7.27. The van der Waals surface area contributed by atoms with Gasteiger partial charge in [-0.15, -0.1) is 0 Å². The van der Waals surface area contributed by atoms with Gasteiger partial charge in [0.2, 0.25) is 11.6 Å². The van der Waals surface area contributed by atoms with Crippen molar-refractivity contribution >= 4 is 35.1 Å². The standard InChI is InChI=1S/C23H21ClN2O5/c1-30-19-9-6-15(24)12-14(19)13-31-22(29)23-11-10-20(27)26(23)18-5-3-2-4-17(18)21(28)25(23)16-7-8-16/h2-6,9,12,16H,7-8,10-11,13H2,1H3. The van der Waals surface area contributed by atoms with Gasteiger partial charge in [-0.3, -0.25) is 14.5 Å². The molecule has 1 saturated heterocycles. The Hall–Kier alpha value is -3.06. The quantitative estimate of drug-likeness (QED) is 0.665. The Kier molecular flexibility index (Phi) is 4.66. The lowest BCUT2D eigenvalue weighted by atomic mass is 9.96. The van der Waals surface area contributed by atoms with Crippen LogP contribution in [0.1, 0.15) is 41.6 Å². The predicted octanol–water partition coefficient (Wildman–Crippen LogP) is 3.53. The molecule has 31 heavy (non-hydrogen) atoms. The highest BCUT2D eigenvalue weighted by molar-refractivity contribution is 6.30. The van der Waals surface area contributed by atoms with Crippen molar-refractivity contribution in [1.29, 1.82) is 0 Å². The lowest BCUT2D eigenvalue weighted by molar-refractivity contribution is -0.159. The van der Waals surface area contributed by atoms with Crippen molar-refractivity contribution < 1.29 is 23.9 Å². The normalized spacial score (nSPS) is 22.3. The number of esters is 1. The number of rotatable bonds is 5. The summed E-state index contributed by atoms with van der Waals surface area (Å²) in [5.41, 5.74) is 0.0417. The average Bonchev–Trinajstić information content (AvgIpc) is 3.54. The zero-order chi connectivity index (χ0) is 21.8. The fraction of sp³-hybridized carbons (Fsp3) is 0.348. The van der Waals surface area contributed by atoms with E-state index in [9.17, 15) is 14.4 Å². The number of carbonyl (C=O) groups excluding carboxylic acids is 3. The van der Waals surface area contributed by atoms with E-state index < -0.39 is 11.6 Å². The number of fused-ring (bicyclic) bond motifs is 3. The minimum Gasteiger partial charge on any atom is -0.496 e. The van der Waals surface area contributed by atoms with Crippen LogP contribution in [0.3, 0.4) is 0 Å². The molecule has 2 aliphatic heterocycles. The van der Waals surface area contributed by atoms with Gasteiger partial charge in [0, 0.05) is 29.5 Å². The first-order chi connectivity index (χ1) is 15.0. The number of nitrogens with zero attached hydrogens (tertiary/aromatic N) is 2. The Balaban J connectivity index is 1.54. The average molecular weight is 441 g/mol. The highest BCUT2D eigenvalue weighted by Crippen LogP contribution is 2.49. The number of halogens is 1. The lowest BCUT2D eigenvalue weighted by Gasteiger charge is -2.48. The summed E-state index contributed by atoms with van der Waals surface area (Å²) in [6.07, 6.45) is 1.97. The Morgan fingerprint density at radius 2 is 1.97 bits per heavy atom. The number of amides is 2. The molecule has 1 unspecified atom stereocenters. The van der Waals surface area contributed by atoms with Crippen LogP contribution in [0.4, 0.5) is 5.69 Å². The van der Waals surface area contributed by atoms with Gasteiger partial charge in [0.05, 0.1) is 18.4 Å². The molecule has 0 aromatic heterocycles. The summed E-state index contributed by atoms with van der Waals surface area (Å²) in [7, 11) is 1.52. The van der Waals surface area contributed by atoms with Crippen LogP contribution < -0.4 is 9.64 Å². The van der Waals surface area contributed by atoms with E-state index in [1.165, 1.54) is 12.0 Å². The van der Waals surface area contributed by atoms with Crippen LogP contribution in [0.15, 0.2) is 42.5 Å². The molecule has 1 aliphatic carbocycles. The molecule has 5 rings (SSSR count). The van der Waals surface area contributed by atoms with Crippen molar-refractivity contribution in [1.82, 2.24) is 4.90 Å². The molecule has 2 amide bonds. The van der Waals surface area contributed by atoms with Gasteiger partial charge < -0.3 is 14.4 Å². The number of methoxy groups -OCH3 is 1. The summed E-state index contributed by atoms with van der Waals surface area (Å²) >= 11 is 6.09. The maximum atomic E-state index is 13.6. The van der Waals surface area contributed by atoms with E-state index in [2.05, 4.69) is 0 Å². The van der Waals surface area contributed by atoms with E-state index in [0.717, 1.165) is 12.8 Å². The molecule has 1 atom stereocenters. The molecular weight excluding hydrogens is 420 g/mol. The number of benzene rings is 2. The number of anilines is 1. The van der Waals surface area contributed by atoms with Crippen molar-refractivity contribution in [3.8, 4) is 5.75 Å². The molecule has 2 aromatic rings. The van der Waals surface area contributed by atoms with Crippen LogP contribution in [-0.4, -0.2) is 41.5 Å². The molecule has 2 aromatic carbocycles. The molecule has 0 bridgehead atoms. The van der Waals surface area contributed by atoms with Gasteiger partial charge in [-0.2, -0.15) is 0 Å². The maximum absolute atomic E-state index is 13.6. The number of hydrogen-bond acceptors (Lipinski definition) is 5. The lowest BCUT2D eigenvalue weighted by Crippen LogP contribution is -2.69. The molecule has 2 heterocycles. The Bertz CT molecular complexity index is 1100. The second-order valence-electron chi connectivity index (χ2n) is 8.00. The fourth-order valence-corrected chi connectivity index (χ4v) is 4.83. The highest BCUT2D eigenvalue weighted by atomic mass is 35.5. The topological polar surface area (TPSA) is 76.1 Å². The molecule has 8 heteroatoms. The summed E-state index contributed by atoms with van der Waals surface area (Å²) in [6.45, 7) is -0.0826.